The molecule has 0 radical (unpaired) electrons. The van der Waals surface area contributed by atoms with Crippen LogP contribution in [0.2, 0.25) is 0 Å². The van der Waals surface area contributed by atoms with Gasteiger partial charge in [-0.1, -0.05) is 25.3 Å². The molecule has 134 valence electrons. The molecule has 1 aromatic heterocycles. The monoisotopic (exact) mass is 353 g/mol. The second-order valence-corrected chi connectivity index (χ2v) is 6.45. The number of amides is 1. The summed E-state index contributed by atoms with van der Waals surface area (Å²) in [6, 6.07) is 4.08. The van der Waals surface area contributed by atoms with Crippen LogP contribution in [0, 0.1) is 0 Å². The molecule has 1 amide bonds. The molecule has 3 rings (SSSR count). The van der Waals surface area contributed by atoms with Crippen LogP contribution in [0.4, 0.5) is 5.69 Å². The second-order valence-electron chi connectivity index (χ2n) is 6.45. The number of benzene rings is 1. The Bertz CT molecular complexity index is 790. The number of hydrogen-bond acceptors (Lipinski definition) is 6. The molecule has 2 aromatic rings. The van der Waals surface area contributed by atoms with E-state index < -0.39 is 13.0 Å². The maximum Gasteiger partial charge on any atom is 0.489 e. The fraction of sp³-hybridized carbons (Fsp3) is 0.333. The average Bonchev–Trinajstić information content (AvgIpc) is 2.68. The van der Waals surface area contributed by atoms with Crippen LogP contribution in [0.25, 0.3) is 0 Å². The van der Waals surface area contributed by atoms with Crippen LogP contribution in [0.15, 0.2) is 30.6 Å². The number of hydrogen-bond donors (Lipinski definition) is 3. The van der Waals surface area contributed by atoms with Crippen molar-refractivity contribution in [2.24, 2.45) is 0 Å². The SMILES string of the molecule is O=Cc1cc(C(=O)Nc2cnc(C3CCCCC3)nc2)ccc1B(O)O. The molecular formula is C18H20BN3O4. The first-order valence-corrected chi connectivity index (χ1v) is 8.67. The van der Waals surface area contributed by atoms with Crippen LogP contribution in [0.1, 0.15) is 64.6 Å². The van der Waals surface area contributed by atoms with Crippen molar-refractivity contribution >= 4 is 30.5 Å². The van der Waals surface area contributed by atoms with Gasteiger partial charge in [-0.15, -0.1) is 0 Å². The molecule has 1 aliphatic carbocycles. The fourth-order valence-electron chi connectivity index (χ4n) is 3.23. The van der Waals surface area contributed by atoms with Crippen LogP contribution in [0.5, 0.6) is 0 Å². The van der Waals surface area contributed by atoms with Crippen molar-refractivity contribution in [2.45, 2.75) is 38.0 Å². The van der Waals surface area contributed by atoms with E-state index in [1.165, 1.54) is 37.5 Å². The number of carbonyl (C=O) groups excluding carboxylic acids is 2. The van der Waals surface area contributed by atoms with E-state index in [4.69, 9.17) is 0 Å². The summed E-state index contributed by atoms with van der Waals surface area (Å²) in [4.78, 5) is 32.2. The van der Waals surface area contributed by atoms with Gasteiger partial charge in [-0.3, -0.25) is 9.59 Å². The molecule has 0 spiro atoms. The van der Waals surface area contributed by atoms with Crippen LogP contribution < -0.4 is 10.8 Å². The van der Waals surface area contributed by atoms with E-state index in [1.54, 1.807) is 12.4 Å². The number of nitrogens with one attached hydrogen (secondary N) is 1. The van der Waals surface area contributed by atoms with Crippen molar-refractivity contribution in [1.82, 2.24) is 9.97 Å². The molecule has 1 saturated carbocycles. The predicted molar refractivity (Wildman–Crippen MR) is 97.5 cm³/mol. The number of aromatic nitrogens is 2. The lowest BCUT2D eigenvalue weighted by atomic mass is 9.77. The van der Waals surface area contributed by atoms with Gasteiger partial charge in [-0.25, -0.2) is 9.97 Å². The predicted octanol–water partition coefficient (Wildman–Crippen LogP) is 1.27. The minimum absolute atomic E-state index is 0.0524. The first-order valence-electron chi connectivity index (χ1n) is 8.67. The van der Waals surface area contributed by atoms with Crippen molar-refractivity contribution in [3.8, 4) is 0 Å². The highest BCUT2D eigenvalue weighted by Crippen LogP contribution is 2.30. The summed E-state index contributed by atoms with van der Waals surface area (Å²) >= 11 is 0. The molecule has 8 heteroatoms. The van der Waals surface area contributed by atoms with E-state index in [2.05, 4.69) is 15.3 Å². The highest BCUT2D eigenvalue weighted by molar-refractivity contribution is 6.60. The number of rotatable bonds is 5. The van der Waals surface area contributed by atoms with Gasteiger partial charge in [0.05, 0.1) is 18.1 Å². The highest BCUT2D eigenvalue weighted by atomic mass is 16.4. The number of nitrogens with zero attached hydrogens (tertiary/aromatic N) is 2. The zero-order chi connectivity index (χ0) is 18.5. The van der Waals surface area contributed by atoms with Crippen LogP contribution in [0.3, 0.4) is 0 Å². The third kappa shape index (κ3) is 4.15. The van der Waals surface area contributed by atoms with E-state index in [1.807, 2.05) is 0 Å². The van der Waals surface area contributed by atoms with E-state index >= 15 is 0 Å². The number of carbonyl (C=O) groups is 2. The Morgan fingerprint density at radius 3 is 2.46 bits per heavy atom. The van der Waals surface area contributed by atoms with Gasteiger partial charge in [0.1, 0.15) is 12.1 Å². The van der Waals surface area contributed by atoms with Crippen molar-refractivity contribution in [3.05, 3.63) is 47.5 Å². The fourth-order valence-corrected chi connectivity index (χ4v) is 3.23. The Morgan fingerprint density at radius 2 is 1.85 bits per heavy atom. The van der Waals surface area contributed by atoms with Gasteiger partial charge >= 0.3 is 7.12 Å². The summed E-state index contributed by atoms with van der Waals surface area (Å²) in [6.07, 6.45) is 9.51. The third-order valence-electron chi connectivity index (χ3n) is 4.65. The third-order valence-corrected chi connectivity index (χ3v) is 4.65. The topological polar surface area (TPSA) is 112 Å². The summed E-state index contributed by atoms with van der Waals surface area (Å²) in [5.41, 5.74) is 0.801. The van der Waals surface area contributed by atoms with Crippen molar-refractivity contribution in [1.29, 1.82) is 0 Å². The summed E-state index contributed by atoms with van der Waals surface area (Å²) in [5, 5.41) is 21.1. The molecule has 0 atom stereocenters. The standard InChI is InChI=1S/C18H20BN3O4/c23-11-14-8-13(6-7-16(14)19(25)26)18(24)22-15-9-20-17(21-10-15)12-4-2-1-3-5-12/h6-12,25-26H,1-5H2,(H,22,24). The van der Waals surface area contributed by atoms with Gasteiger partial charge in [0.2, 0.25) is 0 Å². The summed E-state index contributed by atoms with van der Waals surface area (Å²) in [7, 11) is -1.77. The molecule has 0 aliphatic heterocycles. The molecule has 7 nitrogen and oxygen atoms in total. The molecule has 0 bridgehead atoms. The van der Waals surface area contributed by atoms with Crippen molar-refractivity contribution in [2.75, 3.05) is 5.32 Å². The zero-order valence-corrected chi connectivity index (χ0v) is 14.3. The Kier molecular flexibility index (Phi) is 5.75. The van der Waals surface area contributed by atoms with Gasteiger partial charge < -0.3 is 15.4 Å². The van der Waals surface area contributed by atoms with Gasteiger partial charge in [0.25, 0.3) is 5.91 Å². The van der Waals surface area contributed by atoms with Crippen molar-refractivity contribution < 1.29 is 19.6 Å². The van der Waals surface area contributed by atoms with E-state index in [-0.39, 0.29) is 16.6 Å². The Morgan fingerprint density at radius 1 is 1.15 bits per heavy atom. The Balaban J connectivity index is 1.70. The smallest absolute Gasteiger partial charge is 0.423 e. The maximum absolute atomic E-state index is 12.3. The molecule has 0 unspecified atom stereocenters. The van der Waals surface area contributed by atoms with Gasteiger partial charge in [-0.05, 0) is 30.4 Å². The van der Waals surface area contributed by atoms with Gasteiger partial charge in [0.15, 0.2) is 0 Å². The first-order chi connectivity index (χ1) is 12.6. The maximum atomic E-state index is 12.3. The lowest BCUT2D eigenvalue weighted by Gasteiger charge is -2.20. The lowest BCUT2D eigenvalue weighted by molar-refractivity contribution is 0.102. The first kappa shape index (κ1) is 18.2. The molecule has 1 heterocycles. The largest absolute Gasteiger partial charge is 0.489 e. The molecule has 0 saturated heterocycles. The van der Waals surface area contributed by atoms with E-state index in [0.717, 1.165) is 18.7 Å². The normalized spacial score (nSPS) is 14.7. The van der Waals surface area contributed by atoms with Crippen molar-refractivity contribution in [3.63, 3.8) is 0 Å². The molecule has 3 N–H and O–H groups in total. The van der Waals surface area contributed by atoms with Crippen LogP contribution >= 0.6 is 0 Å². The number of anilines is 1. The highest BCUT2D eigenvalue weighted by Gasteiger charge is 2.19. The molecule has 1 aliphatic rings. The average molecular weight is 353 g/mol. The Hall–Kier alpha value is -2.58. The summed E-state index contributed by atoms with van der Waals surface area (Å²) < 4.78 is 0. The van der Waals surface area contributed by atoms with E-state index in [0.29, 0.717) is 17.9 Å². The minimum Gasteiger partial charge on any atom is -0.423 e. The molecule has 1 aromatic carbocycles. The van der Waals surface area contributed by atoms with Gasteiger partial charge in [0, 0.05) is 17.0 Å². The molecule has 26 heavy (non-hydrogen) atoms. The summed E-state index contributed by atoms with van der Waals surface area (Å²) in [6.45, 7) is 0. The second kappa shape index (κ2) is 8.20. The minimum atomic E-state index is -1.77. The number of aldehydes is 1. The lowest BCUT2D eigenvalue weighted by Crippen LogP contribution is -2.33. The Labute approximate surface area is 151 Å². The van der Waals surface area contributed by atoms with E-state index in [9.17, 15) is 19.6 Å². The summed E-state index contributed by atoms with van der Waals surface area (Å²) in [5.74, 6) is 0.773. The van der Waals surface area contributed by atoms with Gasteiger partial charge in [-0.2, -0.15) is 0 Å². The van der Waals surface area contributed by atoms with Crippen LogP contribution in [-0.2, 0) is 0 Å². The molecule has 1 fully saturated rings. The van der Waals surface area contributed by atoms with Crippen LogP contribution in [-0.4, -0.2) is 39.3 Å². The zero-order valence-electron chi connectivity index (χ0n) is 14.3. The molecular weight excluding hydrogens is 333 g/mol. The quantitative estimate of drug-likeness (QED) is 0.551.